The smallest absolute Gasteiger partial charge is 0.272 e. The largest absolute Gasteiger partial charge is 0.353 e. The van der Waals surface area contributed by atoms with Crippen LogP contribution in [0.5, 0.6) is 0 Å². The van der Waals surface area contributed by atoms with E-state index in [0.29, 0.717) is 25.0 Å². The van der Waals surface area contributed by atoms with Gasteiger partial charge in [0.2, 0.25) is 23.6 Å². The van der Waals surface area contributed by atoms with Crippen molar-refractivity contribution in [2.45, 2.75) is 135 Å². The molecule has 4 fully saturated rings. The van der Waals surface area contributed by atoms with Crippen LogP contribution in [0.15, 0.2) is 18.6 Å². The number of likely N-dealkylation sites (tertiary alicyclic amines) is 1. The van der Waals surface area contributed by atoms with Crippen LogP contribution in [0.4, 0.5) is 0 Å². The van der Waals surface area contributed by atoms with Crippen LogP contribution in [0.3, 0.4) is 0 Å². The SMILES string of the molecule is CCC[C@H](NC(=O)[C@@H]1[C@H]2CCC[C@H]2CN1C(=O)[C@@H](NC(=O)[C@@H](NC(=O)c1cnccn1)C1CCCCC1)C(C)(C)C)C(CSO)C(=O)NC1CC1. The molecule has 5 amide bonds. The minimum absolute atomic E-state index is 0.0280. The Bertz CT molecular complexity index is 1380. The van der Waals surface area contributed by atoms with Crippen molar-refractivity contribution in [3.8, 4) is 0 Å². The van der Waals surface area contributed by atoms with Crippen LogP contribution >= 0.6 is 12.0 Å². The van der Waals surface area contributed by atoms with Crippen molar-refractivity contribution in [1.29, 1.82) is 0 Å². The topological polar surface area (TPSA) is 183 Å². The lowest BCUT2D eigenvalue weighted by atomic mass is 9.82. The Hall–Kier alpha value is -3.26. The van der Waals surface area contributed by atoms with E-state index in [1.54, 1.807) is 4.90 Å². The third-order valence-electron chi connectivity index (χ3n) is 11.3. The Morgan fingerprint density at radius 3 is 2.31 bits per heavy atom. The van der Waals surface area contributed by atoms with Crippen molar-refractivity contribution >= 4 is 41.6 Å². The lowest BCUT2D eigenvalue weighted by Gasteiger charge is -2.38. The molecule has 5 N–H and O–H groups in total. The van der Waals surface area contributed by atoms with Crippen molar-refractivity contribution in [2.24, 2.45) is 29.1 Å². The van der Waals surface area contributed by atoms with E-state index in [1.807, 2.05) is 27.7 Å². The quantitative estimate of drug-likeness (QED) is 0.168. The number of fused-ring (bicyclic) bond motifs is 1. The van der Waals surface area contributed by atoms with E-state index < -0.39 is 47.3 Å². The van der Waals surface area contributed by atoms with Gasteiger partial charge >= 0.3 is 0 Å². The monoisotopic (exact) mass is 727 g/mol. The molecule has 7 atom stereocenters. The van der Waals surface area contributed by atoms with Gasteiger partial charge in [0.05, 0.1) is 12.1 Å². The van der Waals surface area contributed by atoms with Crippen LogP contribution in [0.1, 0.15) is 115 Å². The molecule has 1 saturated heterocycles. The predicted molar refractivity (Wildman–Crippen MR) is 194 cm³/mol. The van der Waals surface area contributed by atoms with Crippen LogP contribution in [-0.4, -0.2) is 91.5 Å². The summed E-state index contributed by atoms with van der Waals surface area (Å²) in [5.74, 6) is -2.16. The van der Waals surface area contributed by atoms with Gasteiger partial charge in [-0.3, -0.25) is 29.0 Å². The molecule has 282 valence electrons. The van der Waals surface area contributed by atoms with Gasteiger partial charge in [0, 0.05) is 36.8 Å². The first-order valence-electron chi connectivity index (χ1n) is 19.0. The molecular weight excluding hydrogens is 671 g/mol. The second kappa shape index (κ2) is 17.5. The molecule has 0 spiro atoms. The summed E-state index contributed by atoms with van der Waals surface area (Å²) in [4.78, 5) is 79.6. The van der Waals surface area contributed by atoms with Crippen molar-refractivity contribution in [1.82, 2.24) is 36.1 Å². The Kier molecular flexibility index (Phi) is 13.4. The lowest BCUT2D eigenvalue weighted by molar-refractivity contribution is -0.145. The molecular formula is C37H57N7O6S. The first-order valence-corrected chi connectivity index (χ1v) is 19.9. The third-order valence-corrected chi connectivity index (χ3v) is 11.8. The maximum Gasteiger partial charge on any atom is 0.272 e. The van der Waals surface area contributed by atoms with Gasteiger partial charge in [-0.1, -0.05) is 59.8 Å². The molecule has 4 aliphatic rings. The number of hydrogen-bond acceptors (Lipinski definition) is 9. The molecule has 0 radical (unpaired) electrons. The van der Waals surface area contributed by atoms with Gasteiger partial charge in [-0.05, 0) is 80.2 Å². The van der Waals surface area contributed by atoms with Gasteiger partial charge in [-0.2, -0.15) is 0 Å². The average Bonchev–Trinajstić information content (AvgIpc) is 3.68. The van der Waals surface area contributed by atoms with E-state index in [9.17, 15) is 28.5 Å². The Labute approximate surface area is 306 Å². The summed E-state index contributed by atoms with van der Waals surface area (Å²) in [6.45, 7) is 8.08. The number of hydrogen-bond donors (Lipinski definition) is 5. The van der Waals surface area contributed by atoms with Gasteiger partial charge in [-0.15, -0.1) is 0 Å². The van der Waals surface area contributed by atoms with E-state index in [0.717, 1.165) is 70.6 Å². The number of aromatic nitrogens is 2. The third kappa shape index (κ3) is 9.79. The van der Waals surface area contributed by atoms with Crippen molar-refractivity contribution in [3.05, 3.63) is 24.3 Å². The summed E-state index contributed by atoms with van der Waals surface area (Å²) in [6, 6.07) is -2.94. The maximum absolute atomic E-state index is 14.7. The molecule has 3 aliphatic carbocycles. The van der Waals surface area contributed by atoms with Gasteiger partial charge in [0.25, 0.3) is 5.91 Å². The average molecular weight is 728 g/mol. The molecule has 13 nitrogen and oxygen atoms in total. The second-order valence-electron chi connectivity index (χ2n) is 16.1. The first-order chi connectivity index (χ1) is 24.4. The molecule has 1 aliphatic heterocycles. The molecule has 1 aromatic heterocycles. The number of nitrogens with one attached hydrogen (secondary N) is 4. The Balaban J connectivity index is 1.37. The molecule has 0 bridgehead atoms. The fourth-order valence-corrected chi connectivity index (χ4v) is 8.90. The fourth-order valence-electron chi connectivity index (χ4n) is 8.36. The molecule has 3 saturated carbocycles. The molecule has 1 unspecified atom stereocenters. The van der Waals surface area contributed by atoms with Crippen molar-refractivity contribution < 1.29 is 28.5 Å². The van der Waals surface area contributed by atoms with E-state index in [4.69, 9.17) is 0 Å². The number of amides is 5. The number of rotatable bonds is 15. The highest BCUT2D eigenvalue weighted by atomic mass is 32.2. The Morgan fingerprint density at radius 2 is 1.69 bits per heavy atom. The van der Waals surface area contributed by atoms with Crippen LogP contribution in [0.25, 0.3) is 0 Å². The summed E-state index contributed by atoms with van der Waals surface area (Å²) in [6.07, 6.45) is 14.6. The Morgan fingerprint density at radius 1 is 0.941 bits per heavy atom. The van der Waals surface area contributed by atoms with Crippen molar-refractivity contribution in [3.63, 3.8) is 0 Å². The summed E-state index contributed by atoms with van der Waals surface area (Å²) in [5.41, 5.74) is -0.606. The highest BCUT2D eigenvalue weighted by Gasteiger charge is 2.52. The summed E-state index contributed by atoms with van der Waals surface area (Å²) < 4.78 is 9.78. The molecule has 2 heterocycles. The second-order valence-corrected chi connectivity index (χ2v) is 16.7. The molecule has 51 heavy (non-hydrogen) atoms. The first kappa shape index (κ1) is 39.0. The predicted octanol–water partition coefficient (Wildman–Crippen LogP) is 3.70. The van der Waals surface area contributed by atoms with E-state index >= 15 is 0 Å². The van der Waals surface area contributed by atoms with Crippen molar-refractivity contribution in [2.75, 3.05) is 12.3 Å². The van der Waals surface area contributed by atoms with Gasteiger partial charge in [0.1, 0.15) is 23.8 Å². The van der Waals surface area contributed by atoms with E-state index in [2.05, 4.69) is 31.2 Å². The highest BCUT2D eigenvalue weighted by Crippen LogP contribution is 2.43. The van der Waals surface area contributed by atoms with Crippen LogP contribution < -0.4 is 21.3 Å². The fraction of sp³-hybridized carbons (Fsp3) is 0.757. The normalized spacial score (nSPS) is 24.5. The lowest BCUT2D eigenvalue weighted by Crippen LogP contribution is -2.62. The number of carbonyl (C=O) groups is 5. The maximum atomic E-state index is 14.7. The highest BCUT2D eigenvalue weighted by molar-refractivity contribution is 7.93. The van der Waals surface area contributed by atoms with Crippen LogP contribution in [-0.2, 0) is 19.2 Å². The molecule has 14 heteroatoms. The minimum Gasteiger partial charge on any atom is -0.353 e. The van der Waals surface area contributed by atoms with Gasteiger partial charge in [-0.25, -0.2) is 4.98 Å². The molecule has 0 aromatic carbocycles. The summed E-state index contributed by atoms with van der Waals surface area (Å²) in [5, 5.41) is 12.2. The molecule has 5 rings (SSSR count). The minimum atomic E-state index is -0.965. The zero-order valence-electron chi connectivity index (χ0n) is 30.6. The van der Waals surface area contributed by atoms with Crippen LogP contribution in [0, 0.1) is 29.1 Å². The zero-order chi connectivity index (χ0) is 36.7. The number of nitrogens with zero attached hydrogens (tertiary/aromatic N) is 3. The number of carbonyl (C=O) groups excluding carboxylic acids is 5. The van der Waals surface area contributed by atoms with Gasteiger partial charge < -0.3 is 30.7 Å². The summed E-state index contributed by atoms with van der Waals surface area (Å²) in [7, 11) is 0. The van der Waals surface area contributed by atoms with Crippen LogP contribution in [0.2, 0.25) is 0 Å². The molecule has 1 aromatic rings. The summed E-state index contributed by atoms with van der Waals surface area (Å²) >= 11 is 0.597. The standard InChI is InChI=1S/C37H57N7O6S/c1-5-10-27(26(21-51-50)32(45)40-24-15-16-24)41-35(48)30-25-14-9-13-23(25)20-44(30)36(49)31(37(2,3)4)43-34(47)29(22-11-7-6-8-12-22)42-33(46)28-19-38-17-18-39-28/h17-19,22-27,29-31,50H,5-16,20-21H2,1-4H3,(H,40,45)(H,41,48)(H,42,46)(H,43,47)/t23-,25-,26?,27-,29-,30-,31+/m0/s1. The van der Waals surface area contributed by atoms with Gasteiger partial charge in [0.15, 0.2) is 0 Å². The zero-order valence-corrected chi connectivity index (χ0v) is 31.4. The van der Waals surface area contributed by atoms with E-state index in [1.165, 1.54) is 18.6 Å². The van der Waals surface area contributed by atoms with E-state index in [-0.39, 0.29) is 53.0 Å².